The second-order valence-corrected chi connectivity index (χ2v) is 8.50. The van der Waals surface area contributed by atoms with Gasteiger partial charge < -0.3 is 5.32 Å². The lowest BCUT2D eigenvalue weighted by molar-refractivity contribution is -0.129. The maximum absolute atomic E-state index is 12.1. The van der Waals surface area contributed by atoms with Gasteiger partial charge in [0.05, 0.1) is 0 Å². The van der Waals surface area contributed by atoms with Gasteiger partial charge in [-0.1, -0.05) is 19.8 Å². The van der Waals surface area contributed by atoms with Crippen molar-refractivity contribution in [1.82, 2.24) is 5.32 Å². The van der Waals surface area contributed by atoms with Crippen molar-refractivity contribution >= 4 is 27.3 Å². The third-order valence-corrected chi connectivity index (χ3v) is 6.41. The van der Waals surface area contributed by atoms with Gasteiger partial charge in [-0.3, -0.25) is 4.79 Å². The highest BCUT2D eigenvalue weighted by molar-refractivity contribution is 7.91. The standard InChI is InChI=1S/C13H20N2O3S2/c1-13(7-2-3-8-13)12(16)15-9-6-10-4-5-11(19-10)20(14,17)18/h4-5H,2-3,6-9H2,1H3,(H,15,16)(H2,14,17,18). The van der Waals surface area contributed by atoms with Crippen molar-refractivity contribution < 1.29 is 13.2 Å². The van der Waals surface area contributed by atoms with Crippen molar-refractivity contribution in [2.75, 3.05) is 6.54 Å². The molecule has 0 spiro atoms. The van der Waals surface area contributed by atoms with Gasteiger partial charge in [0.1, 0.15) is 4.21 Å². The highest BCUT2D eigenvalue weighted by atomic mass is 32.2. The first-order valence-corrected chi connectivity index (χ1v) is 9.07. The van der Waals surface area contributed by atoms with E-state index in [-0.39, 0.29) is 15.5 Å². The molecule has 0 atom stereocenters. The highest BCUT2D eigenvalue weighted by Gasteiger charge is 2.35. The van der Waals surface area contributed by atoms with Crippen molar-refractivity contribution in [3.05, 3.63) is 17.0 Å². The van der Waals surface area contributed by atoms with Gasteiger partial charge in [0.15, 0.2) is 0 Å². The number of amides is 1. The predicted octanol–water partition coefficient (Wildman–Crippen LogP) is 1.63. The fraction of sp³-hybridized carbons (Fsp3) is 0.615. The van der Waals surface area contributed by atoms with Crippen LogP contribution in [0.15, 0.2) is 16.3 Å². The molecule has 7 heteroatoms. The van der Waals surface area contributed by atoms with E-state index in [0.717, 1.165) is 41.9 Å². The average Bonchev–Trinajstić information content (AvgIpc) is 2.98. The van der Waals surface area contributed by atoms with Crippen molar-refractivity contribution in [3.63, 3.8) is 0 Å². The summed E-state index contributed by atoms with van der Waals surface area (Å²) in [4.78, 5) is 13.0. The summed E-state index contributed by atoms with van der Waals surface area (Å²) in [6, 6.07) is 3.25. The highest BCUT2D eigenvalue weighted by Crippen LogP contribution is 2.37. The average molecular weight is 316 g/mol. The molecule has 0 unspecified atom stereocenters. The van der Waals surface area contributed by atoms with E-state index >= 15 is 0 Å². The number of hydrogen-bond acceptors (Lipinski definition) is 4. The molecule has 3 N–H and O–H groups in total. The Labute approximate surface area is 123 Å². The van der Waals surface area contributed by atoms with Crippen LogP contribution in [0.2, 0.25) is 0 Å². The van der Waals surface area contributed by atoms with E-state index in [2.05, 4.69) is 5.32 Å². The van der Waals surface area contributed by atoms with E-state index < -0.39 is 10.0 Å². The molecule has 0 bridgehead atoms. The molecule has 1 amide bonds. The summed E-state index contributed by atoms with van der Waals surface area (Å²) in [6.45, 7) is 2.54. The lowest BCUT2D eigenvalue weighted by atomic mass is 9.88. The molecule has 0 saturated heterocycles. The minimum atomic E-state index is -3.62. The zero-order valence-electron chi connectivity index (χ0n) is 11.5. The maximum Gasteiger partial charge on any atom is 0.247 e. The number of sulfonamides is 1. The topological polar surface area (TPSA) is 89.3 Å². The Morgan fingerprint density at radius 1 is 1.40 bits per heavy atom. The summed E-state index contributed by atoms with van der Waals surface area (Å²) >= 11 is 1.16. The van der Waals surface area contributed by atoms with E-state index in [4.69, 9.17) is 5.14 Å². The van der Waals surface area contributed by atoms with E-state index in [1.807, 2.05) is 6.92 Å². The van der Waals surface area contributed by atoms with Crippen LogP contribution in [0, 0.1) is 5.41 Å². The first kappa shape index (κ1) is 15.5. The number of nitrogens with one attached hydrogen (secondary N) is 1. The summed E-state index contributed by atoms with van der Waals surface area (Å²) in [5.74, 6) is 0.109. The van der Waals surface area contributed by atoms with Gasteiger partial charge in [-0.15, -0.1) is 11.3 Å². The predicted molar refractivity (Wildman–Crippen MR) is 79.0 cm³/mol. The molecule has 1 saturated carbocycles. The van der Waals surface area contributed by atoms with Crippen molar-refractivity contribution in [3.8, 4) is 0 Å². The Morgan fingerprint density at radius 2 is 2.05 bits per heavy atom. The lowest BCUT2D eigenvalue weighted by Gasteiger charge is -2.22. The van der Waals surface area contributed by atoms with Gasteiger partial charge in [0.2, 0.25) is 15.9 Å². The first-order valence-electron chi connectivity index (χ1n) is 6.71. The maximum atomic E-state index is 12.1. The summed E-state index contributed by atoms with van der Waals surface area (Å²) in [7, 11) is -3.62. The molecule has 5 nitrogen and oxygen atoms in total. The van der Waals surface area contributed by atoms with Crippen LogP contribution in [-0.4, -0.2) is 20.9 Å². The van der Waals surface area contributed by atoms with E-state index in [1.54, 1.807) is 6.07 Å². The smallest absolute Gasteiger partial charge is 0.247 e. The van der Waals surface area contributed by atoms with Crippen LogP contribution < -0.4 is 10.5 Å². The van der Waals surface area contributed by atoms with Gasteiger partial charge in [-0.05, 0) is 31.4 Å². The normalized spacial score (nSPS) is 18.1. The molecule has 1 fully saturated rings. The number of carbonyl (C=O) groups excluding carboxylic acids is 1. The number of rotatable bonds is 5. The Morgan fingerprint density at radius 3 is 2.60 bits per heavy atom. The fourth-order valence-corrected chi connectivity index (χ4v) is 4.32. The summed E-state index contributed by atoms with van der Waals surface area (Å²) in [5.41, 5.74) is -0.221. The Kier molecular flexibility index (Phi) is 4.51. The Bertz CT molecular complexity index is 587. The van der Waals surface area contributed by atoms with Gasteiger partial charge in [-0.25, -0.2) is 13.6 Å². The molecule has 112 valence electrons. The third kappa shape index (κ3) is 3.59. The SMILES string of the molecule is CC1(C(=O)NCCc2ccc(S(N)(=O)=O)s2)CCCC1. The largest absolute Gasteiger partial charge is 0.355 e. The molecule has 0 aliphatic heterocycles. The molecule has 1 aliphatic rings. The molecule has 20 heavy (non-hydrogen) atoms. The lowest BCUT2D eigenvalue weighted by Crippen LogP contribution is -2.38. The summed E-state index contributed by atoms with van der Waals surface area (Å²) in [5, 5.41) is 8.01. The quantitative estimate of drug-likeness (QED) is 0.865. The Balaban J connectivity index is 1.84. The van der Waals surface area contributed by atoms with E-state index in [9.17, 15) is 13.2 Å². The van der Waals surface area contributed by atoms with E-state index in [0.29, 0.717) is 13.0 Å². The zero-order chi connectivity index (χ0) is 14.8. The molecule has 2 rings (SSSR count). The number of primary sulfonamides is 1. The molecule has 0 aromatic carbocycles. The molecule has 0 radical (unpaired) electrons. The van der Waals surface area contributed by atoms with Crippen LogP contribution in [0.4, 0.5) is 0 Å². The molecule has 1 aromatic heterocycles. The van der Waals surface area contributed by atoms with Crippen LogP contribution >= 0.6 is 11.3 Å². The molecular formula is C13H20N2O3S2. The molecule has 1 aliphatic carbocycles. The van der Waals surface area contributed by atoms with Crippen LogP contribution in [-0.2, 0) is 21.2 Å². The van der Waals surface area contributed by atoms with Crippen molar-refractivity contribution in [2.45, 2.75) is 43.2 Å². The van der Waals surface area contributed by atoms with Gasteiger partial charge in [-0.2, -0.15) is 0 Å². The third-order valence-electron chi connectivity index (χ3n) is 3.83. The van der Waals surface area contributed by atoms with Gasteiger partial charge in [0, 0.05) is 16.8 Å². The minimum absolute atomic E-state index is 0.109. The monoisotopic (exact) mass is 316 g/mol. The summed E-state index contributed by atoms with van der Waals surface area (Å²) < 4.78 is 22.5. The molecule has 1 heterocycles. The van der Waals surface area contributed by atoms with Gasteiger partial charge >= 0.3 is 0 Å². The first-order chi connectivity index (χ1) is 9.31. The van der Waals surface area contributed by atoms with E-state index in [1.165, 1.54) is 6.07 Å². The molecular weight excluding hydrogens is 296 g/mol. The fourth-order valence-electron chi connectivity index (χ4n) is 2.54. The minimum Gasteiger partial charge on any atom is -0.355 e. The van der Waals surface area contributed by atoms with Crippen LogP contribution in [0.1, 0.15) is 37.5 Å². The number of carbonyl (C=O) groups is 1. The molecule has 1 aromatic rings. The number of nitrogens with two attached hydrogens (primary N) is 1. The Hall–Kier alpha value is -0.920. The summed E-state index contributed by atoms with van der Waals surface area (Å²) in [6.07, 6.45) is 4.77. The van der Waals surface area contributed by atoms with Crippen molar-refractivity contribution in [1.29, 1.82) is 0 Å². The van der Waals surface area contributed by atoms with Crippen LogP contribution in [0.25, 0.3) is 0 Å². The van der Waals surface area contributed by atoms with Crippen molar-refractivity contribution in [2.24, 2.45) is 10.6 Å². The van der Waals surface area contributed by atoms with Crippen LogP contribution in [0.3, 0.4) is 0 Å². The second-order valence-electron chi connectivity index (χ2n) is 5.54. The number of thiophene rings is 1. The number of hydrogen-bond donors (Lipinski definition) is 2. The second kappa shape index (κ2) is 5.83. The van der Waals surface area contributed by atoms with Crippen LogP contribution in [0.5, 0.6) is 0 Å². The van der Waals surface area contributed by atoms with Gasteiger partial charge in [0.25, 0.3) is 0 Å². The zero-order valence-corrected chi connectivity index (χ0v) is 13.1.